The predicted molar refractivity (Wildman–Crippen MR) is 85.0 cm³/mol. The van der Waals surface area contributed by atoms with E-state index in [0.29, 0.717) is 0 Å². The van der Waals surface area contributed by atoms with E-state index in [1.165, 1.54) is 5.69 Å². The highest BCUT2D eigenvalue weighted by Gasteiger charge is 2.21. The number of aryl methyl sites for hydroxylation is 1. The van der Waals surface area contributed by atoms with Crippen LogP contribution in [0.5, 0.6) is 0 Å². The van der Waals surface area contributed by atoms with Gasteiger partial charge in [0, 0.05) is 51.3 Å². The molecule has 4 heterocycles. The molecule has 3 aromatic rings. The van der Waals surface area contributed by atoms with Gasteiger partial charge in [0.05, 0.1) is 11.6 Å². The summed E-state index contributed by atoms with van der Waals surface area (Å²) in [5.74, 6) is 0.979. The fourth-order valence-corrected chi connectivity index (χ4v) is 2.93. The number of piperazine rings is 1. The summed E-state index contributed by atoms with van der Waals surface area (Å²) in [5, 5.41) is 5.30. The number of fused-ring (bicyclic) bond motifs is 1. The molecule has 112 valence electrons. The van der Waals surface area contributed by atoms with Gasteiger partial charge in [0.15, 0.2) is 5.65 Å². The molecule has 1 saturated heterocycles. The molecule has 0 atom stereocenters. The van der Waals surface area contributed by atoms with Gasteiger partial charge in [0.25, 0.3) is 0 Å². The van der Waals surface area contributed by atoms with Crippen molar-refractivity contribution in [2.75, 3.05) is 36.0 Å². The maximum atomic E-state index is 4.47. The van der Waals surface area contributed by atoms with Crippen molar-refractivity contribution in [1.29, 1.82) is 0 Å². The van der Waals surface area contributed by atoms with Crippen LogP contribution in [0.2, 0.25) is 0 Å². The summed E-state index contributed by atoms with van der Waals surface area (Å²) >= 11 is 0. The zero-order chi connectivity index (χ0) is 14.9. The second-order valence-corrected chi connectivity index (χ2v) is 5.38. The molecule has 1 aliphatic rings. The Hall–Kier alpha value is -2.70. The highest BCUT2D eigenvalue weighted by atomic mass is 15.3. The first kappa shape index (κ1) is 13.0. The lowest BCUT2D eigenvalue weighted by Crippen LogP contribution is -2.46. The van der Waals surface area contributed by atoms with Crippen LogP contribution in [-0.4, -0.2) is 50.9 Å². The van der Waals surface area contributed by atoms with Crippen LogP contribution in [0.25, 0.3) is 11.0 Å². The number of aromatic nitrogens is 5. The smallest absolute Gasteiger partial charge is 0.163 e. The Morgan fingerprint density at radius 2 is 1.68 bits per heavy atom. The van der Waals surface area contributed by atoms with Gasteiger partial charge in [-0.15, -0.1) is 0 Å². The maximum Gasteiger partial charge on any atom is 0.163 e. The fourth-order valence-electron chi connectivity index (χ4n) is 2.93. The van der Waals surface area contributed by atoms with Gasteiger partial charge in [0.2, 0.25) is 0 Å². The molecular weight excluding hydrogens is 278 g/mol. The van der Waals surface area contributed by atoms with Gasteiger partial charge < -0.3 is 9.80 Å². The van der Waals surface area contributed by atoms with E-state index >= 15 is 0 Å². The molecular formula is C15H17N7. The Bertz CT molecular complexity index is 775. The number of anilines is 2. The lowest BCUT2D eigenvalue weighted by molar-refractivity contribution is 0.648. The van der Waals surface area contributed by atoms with Crippen molar-refractivity contribution < 1.29 is 0 Å². The van der Waals surface area contributed by atoms with E-state index in [2.05, 4.69) is 42.0 Å². The molecule has 0 radical (unpaired) electrons. The van der Waals surface area contributed by atoms with Crippen molar-refractivity contribution in [2.45, 2.75) is 0 Å². The minimum Gasteiger partial charge on any atom is -0.368 e. The third-order valence-corrected chi connectivity index (χ3v) is 4.12. The van der Waals surface area contributed by atoms with E-state index < -0.39 is 0 Å². The molecule has 0 saturated carbocycles. The first-order chi connectivity index (χ1) is 10.8. The SMILES string of the molecule is Cn1ncc2c(N3CCN(c4ccncc4)CC3)ncnc21. The van der Waals surface area contributed by atoms with Gasteiger partial charge in [-0.3, -0.25) is 9.67 Å². The number of hydrogen-bond donors (Lipinski definition) is 0. The number of pyridine rings is 1. The molecule has 1 aliphatic heterocycles. The van der Waals surface area contributed by atoms with E-state index in [-0.39, 0.29) is 0 Å². The lowest BCUT2D eigenvalue weighted by Gasteiger charge is -2.36. The second kappa shape index (κ2) is 5.25. The molecule has 0 unspecified atom stereocenters. The Morgan fingerprint density at radius 1 is 0.955 bits per heavy atom. The summed E-state index contributed by atoms with van der Waals surface area (Å²) in [4.78, 5) is 17.5. The molecule has 0 aliphatic carbocycles. The van der Waals surface area contributed by atoms with Crippen LogP contribution in [0.3, 0.4) is 0 Å². The van der Waals surface area contributed by atoms with Crippen LogP contribution >= 0.6 is 0 Å². The van der Waals surface area contributed by atoms with Crippen molar-refractivity contribution in [3.05, 3.63) is 37.1 Å². The van der Waals surface area contributed by atoms with Crippen LogP contribution in [0.1, 0.15) is 0 Å². The Morgan fingerprint density at radius 3 is 2.45 bits per heavy atom. The average Bonchev–Trinajstić information content (AvgIpc) is 2.97. The van der Waals surface area contributed by atoms with E-state index in [1.807, 2.05) is 25.6 Å². The first-order valence-corrected chi connectivity index (χ1v) is 7.35. The number of nitrogens with zero attached hydrogens (tertiary/aromatic N) is 7. The van der Waals surface area contributed by atoms with Gasteiger partial charge >= 0.3 is 0 Å². The average molecular weight is 295 g/mol. The Balaban J connectivity index is 1.56. The molecule has 22 heavy (non-hydrogen) atoms. The largest absolute Gasteiger partial charge is 0.368 e. The summed E-state index contributed by atoms with van der Waals surface area (Å²) in [5.41, 5.74) is 2.10. The molecule has 7 heteroatoms. The van der Waals surface area contributed by atoms with Crippen LogP contribution < -0.4 is 9.80 Å². The lowest BCUT2D eigenvalue weighted by atomic mass is 10.2. The molecule has 1 fully saturated rings. The third kappa shape index (κ3) is 2.14. The number of hydrogen-bond acceptors (Lipinski definition) is 6. The van der Waals surface area contributed by atoms with Gasteiger partial charge in [0.1, 0.15) is 12.1 Å². The summed E-state index contributed by atoms with van der Waals surface area (Å²) in [6.45, 7) is 3.80. The molecule has 0 amide bonds. The van der Waals surface area contributed by atoms with Crippen molar-refractivity contribution in [1.82, 2.24) is 24.7 Å². The summed E-state index contributed by atoms with van der Waals surface area (Å²) in [7, 11) is 1.90. The standard InChI is InChI=1S/C15H17N7/c1-20-14-13(10-19-20)15(18-11-17-14)22-8-6-21(7-9-22)12-2-4-16-5-3-12/h2-5,10-11H,6-9H2,1H3. The monoisotopic (exact) mass is 295 g/mol. The molecule has 0 N–H and O–H groups in total. The predicted octanol–water partition coefficient (Wildman–Crippen LogP) is 1.08. The Labute approximate surface area is 128 Å². The van der Waals surface area contributed by atoms with Crippen molar-refractivity contribution in [3.63, 3.8) is 0 Å². The highest BCUT2D eigenvalue weighted by Crippen LogP contribution is 2.24. The van der Waals surface area contributed by atoms with Gasteiger partial charge in [-0.25, -0.2) is 9.97 Å². The molecule has 0 bridgehead atoms. The first-order valence-electron chi connectivity index (χ1n) is 7.35. The van der Waals surface area contributed by atoms with Crippen LogP contribution in [0, 0.1) is 0 Å². The molecule has 4 rings (SSSR count). The topological polar surface area (TPSA) is 63.0 Å². The van der Waals surface area contributed by atoms with E-state index in [0.717, 1.165) is 43.0 Å². The van der Waals surface area contributed by atoms with Crippen molar-refractivity contribution >= 4 is 22.5 Å². The molecule has 0 aromatic carbocycles. The quantitative estimate of drug-likeness (QED) is 0.705. The minimum atomic E-state index is 0.876. The highest BCUT2D eigenvalue weighted by molar-refractivity contribution is 5.86. The molecule has 0 spiro atoms. The number of rotatable bonds is 2. The van der Waals surface area contributed by atoms with Gasteiger partial charge in [-0.1, -0.05) is 0 Å². The van der Waals surface area contributed by atoms with Crippen molar-refractivity contribution in [3.8, 4) is 0 Å². The summed E-state index contributed by atoms with van der Waals surface area (Å²) in [6.07, 6.45) is 7.14. The molecule has 7 nitrogen and oxygen atoms in total. The normalized spacial score (nSPS) is 15.5. The molecule has 3 aromatic heterocycles. The van der Waals surface area contributed by atoms with E-state index in [1.54, 1.807) is 11.0 Å². The third-order valence-electron chi connectivity index (χ3n) is 4.12. The fraction of sp³-hybridized carbons (Fsp3) is 0.333. The van der Waals surface area contributed by atoms with Crippen molar-refractivity contribution in [2.24, 2.45) is 7.05 Å². The van der Waals surface area contributed by atoms with Crippen LogP contribution in [0.4, 0.5) is 11.5 Å². The zero-order valence-corrected chi connectivity index (χ0v) is 12.4. The van der Waals surface area contributed by atoms with Gasteiger partial charge in [-0.2, -0.15) is 5.10 Å². The van der Waals surface area contributed by atoms with Crippen LogP contribution in [0.15, 0.2) is 37.1 Å². The van der Waals surface area contributed by atoms with E-state index in [4.69, 9.17) is 0 Å². The van der Waals surface area contributed by atoms with Crippen LogP contribution in [-0.2, 0) is 7.05 Å². The van der Waals surface area contributed by atoms with E-state index in [9.17, 15) is 0 Å². The summed E-state index contributed by atoms with van der Waals surface area (Å²) in [6, 6.07) is 4.11. The Kier molecular flexibility index (Phi) is 3.10. The minimum absolute atomic E-state index is 0.876. The van der Waals surface area contributed by atoms with Gasteiger partial charge in [-0.05, 0) is 12.1 Å². The summed E-state index contributed by atoms with van der Waals surface area (Å²) < 4.78 is 1.79. The maximum absolute atomic E-state index is 4.47. The second-order valence-electron chi connectivity index (χ2n) is 5.38. The zero-order valence-electron chi connectivity index (χ0n) is 12.4.